The number of carboxylic acids is 1. The van der Waals surface area contributed by atoms with Gasteiger partial charge in [-0.05, 0) is 24.6 Å². The van der Waals surface area contributed by atoms with Gasteiger partial charge in [-0.1, -0.05) is 30.1 Å². The van der Waals surface area contributed by atoms with E-state index >= 15 is 0 Å². The molecule has 0 radical (unpaired) electrons. The van der Waals surface area contributed by atoms with Crippen LogP contribution in [0.15, 0.2) is 18.2 Å². The SMILES string of the molecule is CC[C@@H](NC(=O)COc1ccc(Cl)cc1Cl)C(=O)O. The Labute approximate surface area is 120 Å². The van der Waals surface area contributed by atoms with Gasteiger partial charge in [0, 0.05) is 5.02 Å². The maximum atomic E-state index is 11.5. The molecule has 2 N–H and O–H groups in total. The number of halogens is 2. The third-order valence-electron chi connectivity index (χ3n) is 2.29. The first-order valence-corrected chi connectivity index (χ1v) is 6.29. The largest absolute Gasteiger partial charge is 0.482 e. The van der Waals surface area contributed by atoms with Crippen molar-refractivity contribution in [1.82, 2.24) is 5.32 Å². The highest BCUT2D eigenvalue weighted by Gasteiger charge is 2.17. The van der Waals surface area contributed by atoms with Gasteiger partial charge in [0.1, 0.15) is 11.8 Å². The third kappa shape index (κ3) is 4.96. The minimum absolute atomic E-state index is 0.283. The Balaban J connectivity index is 2.52. The summed E-state index contributed by atoms with van der Waals surface area (Å²) in [6.45, 7) is 1.35. The molecule has 104 valence electrons. The second-order valence-corrected chi connectivity index (χ2v) is 4.57. The molecule has 1 atom stereocenters. The van der Waals surface area contributed by atoms with Crippen molar-refractivity contribution in [2.24, 2.45) is 0 Å². The molecule has 0 spiro atoms. The zero-order chi connectivity index (χ0) is 14.4. The van der Waals surface area contributed by atoms with E-state index in [2.05, 4.69) is 5.32 Å². The van der Waals surface area contributed by atoms with Gasteiger partial charge in [0.05, 0.1) is 5.02 Å². The second kappa shape index (κ2) is 7.21. The van der Waals surface area contributed by atoms with Gasteiger partial charge in [-0.2, -0.15) is 0 Å². The van der Waals surface area contributed by atoms with Crippen LogP contribution in [0, 0.1) is 0 Å². The van der Waals surface area contributed by atoms with Gasteiger partial charge in [0.15, 0.2) is 6.61 Å². The van der Waals surface area contributed by atoms with E-state index in [0.29, 0.717) is 17.2 Å². The highest BCUT2D eigenvalue weighted by molar-refractivity contribution is 6.35. The lowest BCUT2D eigenvalue weighted by molar-refractivity contribution is -0.142. The van der Waals surface area contributed by atoms with E-state index in [9.17, 15) is 9.59 Å². The van der Waals surface area contributed by atoms with E-state index < -0.39 is 17.9 Å². The first kappa shape index (κ1) is 15.6. The van der Waals surface area contributed by atoms with Crippen LogP contribution in [0.1, 0.15) is 13.3 Å². The van der Waals surface area contributed by atoms with Crippen LogP contribution in [0.25, 0.3) is 0 Å². The quantitative estimate of drug-likeness (QED) is 0.846. The first-order chi connectivity index (χ1) is 8.93. The molecule has 0 aliphatic carbocycles. The maximum absolute atomic E-state index is 11.5. The van der Waals surface area contributed by atoms with Crippen molar-refractivity contribution < 1.29 is 19.4 Å². The molecule has 1 rings (SSSR count). The van der Waals surface area contributed by atoms with Crippen molar-refractivity contribution in [3.8, 4) is 5.75 Å². The van der Waals surface area contributed by atoms with Gasteiger partial charge < -0.3 is 15.2 Å². The Hall–Kier alpha value is -1.46. The molecule has 5 nitrogen and oxygen atoms in total. The highest BCUT2D eigenvalue weighted by Crippen LogP contribution is 2.27. The number of ether oxygens (including phenoxy) is 1. The average Bonchev–Trinajstić information content (AvgIpc) is 2.34. The number of aliphatic carboxylic acids is 1. The van der Waals surface area contributed by atoms with Crippen molar-refractivity contribution in [3.63, 3.8) is 0 Å². The normalized spacial score (nSPS) is 11.7. The standard InChI is InChI=1S/C12H13Cl2NO4/c1-2-9(12(17)18)15-11(16)6-19-10-4-3-7(13)5-8(10)14/h3-5,9H,2,6H2,1H3,(H,15,16)(H,17,18)/t9-/m1/s1. The lowest BCUT2D eigenvalue weighted by Gasteiger charge is -2.13. The predicted octanol–water partition coefficient (Wildman–Crippen LogP) is 2.35. The molecule has 0 bridgehead atoms. The molecule has 0 aliphatic rings. The molecule has 0 fully saturated rings. The van der Waals surface area contributed by atoms with E-state index in [4.69, 9.17) is 33.0 Å². The number of hydrogen-bond acceptors (Lipinski definition) is 3. The Morgan fingerprint density at radius 1 is 1.42 bits per heavy atom. The number of nitrogens with one attached hydrogen (secondary N) is 1. The highest BCUT2D eigenvalue weighted by atomic mass is 35.5. The first-order valence-electron chi connectivity index (χ1n) is 5.54. The van der Waals surface area contributed by atoms with Crippen LogP contribution in [0.4, 0.5) is 0 Å². The van der Waals surface area contributed by atoms with Gasteiger partial charge in [0.2, 0.25) is 0 Å². The van der Waals surface area contributed by atoms with Crippen LogP contribution >= 0.6 is 23.2 Å². The van der Waals surface area contributed by atoms with Gasteiger partial charge >= 0.3 is 5.97 Å². The number of carbonyl (C=O) groups excluding carboxylic acids is 1. The summed E-state index contributed by atoms with van der Waals surface area (Å²) in [6.07, 6.45) is 0.294. The molecular formula is C12H13Cl2NO4. The van der Waals surface area contributed by atoms with E-state index in [-0.39, 0.29) is 11.6 Å². The number of hydrogen-bond donors (Lipinski definition) is 2. The van der Waals surface area contributed by atoms with E-state index in [1.807, 2.05) is 0 Å². The topological polar surface area (TPSA) is 75.6 Å². The van der Waals surface area contributed by atoms with Crippen LogP contribution in [0.3, 0.4) is 0 Å². The molecule has 1 aromatic carbocycles. The van der Waals surface area contributed by atoms with Crippen LogP contribution in [0.5, 0.6) is 5.75 Å². The number of benzene rings is 1. The molecule has 19 heavy (non-hydrogen) atoms. The Morgan fingerprint density at radius 3 is 2.63 bits per heavy atom. The Morgan fingerprint density at radius 2 is 2.11 bits per heavy atom. The maximum Gasteiger partial charge on any atom is 0.326 e. The second-order valence-electron chi connectivity index (χ2n) is 3.73. The van der Waals surface area contributed by atoms with E-state index in [1.54, 1.807) is 13.0 Å². The molecule has 0 heterocycles. The molecule has 0 unspecified atom stereocenters. The summed E-state index contributed by atoms with van der Waals surface area (Å²) in [5.74, 6) is -1.30. The zero-order valence-electron chi connectivity index (χ0n) is 10.2. The fourth-order valence-electron chi connectivity index (χ4n) is 1.31. The summed E-state index contributed by atoms with van der Waals surface area (Å²) < 4.78 is 5.18. The van der Waals surface area contributed by atoms with Crippen molar-refractivity contribution in [1.29, 1.82) is 0 Å². The smallest absolute Gasteiger partial charge is 0.326 e. The van der Waals surface area contributed by atoms with Crippen molar-refractivity contribution in [2.45, 2.75) is 19.4 Å². The van der Waals surface area contributed by atoms with Crippen LogP contribution in [-0.2, 0) is 9.59 Å². The van der Waals surface area contributed by atoms with Gasteiger partial charge in [-0.25, -0.2) is 4.79 Å². The van der Waals surface area contributed by atoms with Gasteiger partial charge in [0.25, 0.3) is 5.91 Å². The van der Waals surface area contributed by atoms with Gasteiger partial charge in [-0.3, -0.25) is 4.79 Å². The molecule has 0 aromatic heterocycles. The molecule has 0 saturated carbocycles. The molecule has 0 aliphatic heterocycles. The number of carbonyl (C=O) groups is 2. The van der Waals surface area contributed by atoms with Crippen molar-refractivity contribution in [3.05, 3.63) is 28.2 Å². The molecule has 7 heteroatoms. The summed E-state index contributed by atoms with van der Waals surface area (Å²) in [6, 6.07) is 3.68. The van der Waals surface area contributed by atoms with Crippen molar-refractivity contribution in [2.75, 3.05) is 6.61 Å². The van der Waals surface area contributed by atoms with Crippen LogP contribution < -0.4 is 10.1 Å². The molecule has 1 aromatic rings. The Kier molecular flexibility index (Phi) is 5.92. The summed E-state index contributed by atoms with van der Waals surface area (Å²) in [5.41, 5.74) is 0. The number of amides is 1. The molecular weight excluding hydrogens is 293 g/mol. The van der Waals surface area contributed by atoms with E-state index in [0.717, 1.165) is 0 Å². The lowest BCUT2D eigenvalue weighted by Crippen LogP contribution is -2.42. The summed E-state index contributed by atoms with van der Waals surface area (Å²) >= 11 is 11.6. The molecule has 1 amide bonds. The number of rotatable bonds is 6. The monoisotopic (exact) mass is 305 g/mol. The minimum atomic E-state index is -1.08. The van der Waals surface area contributed by atoms with E-state index in [1.165, 1.54) is 12.1 Å². The number of carboxylic acid groups (broad SMARTS) is 1. The summed E-state index contributed by atoms with van der Waals surface area (Å²) in [7, 11) is 0. The minimum Gasteiger partial charge on any atom is -0.482 e. The third-order valence-corrected chi connectivity index (χ3v) is 2.82. The fraction of sp³-hybridized carbons (Fsp3) is 0.333. The fourth-order valence-corrected chi connectivity index (χ4v) is 1.77. The van der Waals surface area contributed by atoms with Gasteiger partial charge in [-0.15, -0.1) is 0 Å². The Bertz CT molecular complexity index is 479. The molecule has 0 saturated heterocycles. The van der Waals surface area contributed by atoms with Crippen molar-refractivity contribution >= 4 is 35.1 Å². The summed E-state index contributed by atoms with van der Waals surface area (Å²) in [4.78, 5) is 22.2. The summed E-state index contributed by atoms with van der Waals surface area (Å²) in [5, 5.41) is 11.9. The van der Waals surface area contributed by atoms with Crippen LogP contribution in [0.2, 0.25) is 10.0 Å². The average molecular weight is 306 g/mol. The predicted molar refractivity (Wildman–Crippen MR) is 71.8 cm³/mol. The lowest BCUT2D eigenvalue weighted by atomic mass is 10.2. The van der Waals surface area contributed by atoms with Crippen LogP contribution in [-0.4, -0.2) is 29.6 Å². The zero-order valence-corrected chi connectivity index (χ0v) is 11.7.